The van der Waals surface area contributed by atoms with Crippen molar-refractivity contribution < 1.29 is 22.9 Å². The van der Waals surface area contributed by atoms with Crippen LogP contribution in [0.25, 0.3) is 11.3 Å². The Balaban J connectivity index is 2.12. The van der Waals surface area contributed by atoms with Gasteiger partial charge in [-0.3, -0.25) is 19.8 Å². The van der Waals surface area contributed by atoms with E-state index in [0.717, 1.165) is 29.8 Å². The first-order valence-corrected chi connectivity index (χ1v) is 11.8. The molecule has 0 aliphatic rings. The van der Waals surface area contributed by atoms with Gasteiger partial charge in [0.25, 0.3) is 15.7 Å². The second kappa shape index (κ2) is 9.22. The van der Waals surface area contributed by atoms with E-state index in [1.54, 1.807) is 6.92 Å². The molecule has 0 saturated heterocycles. The number of esters is 1. The zero-order chi connectivity index (χ0) is 25.3. The van der Waals surface area contributed by atoms with Crippen LogP contribution in [-0.4, -0.2) is 31.4 Å². The molecule has 0 aliphatic carbocycles. The van der Waals surface area contributed by atoms with Gasteiger partial charge in [0.2, 0.25) is 0 Å². The Kier molecular flexibility index (Phi) is 6.74. The molecule has 0 spiro atoms. The number of aromatic nitrogens is 1. The van der Waals surface area contributed by atoms with E-state index in [0.29, 0.717) is 17.0 Å². The highest BCUT2D eigenvalue weighted by Crippen LogP contribution is 2.32. The van der Waals surface area contributed by atoms with Crippen LogP contribution in [0.2, 0.25) is 0 Å². The van der Waals surface area contributed by atoms with Crippen molar-refractivity contribution in [1.82, 2.24) is 4.98 Å². The number of methoxy groups -OCH3 is 1. The quantitative estimate of drug-likeness (QED) is 0.301. The van der Waals surface area contributed by atoms with Crippen LogP contribution in [0.15, 0.2) is 59.5 Å². The maximum absolute atomic E-state index is 13.1. The molecule has 0 unspecified atom stereocenters. The fourth-order valence-corrected chi connectivity index (χ4v) is 4.36. The molecular formula is C24H25N3O6S. The number of nitro benzene ring substituents is 1. The van der Waals surface area contributed by atoms with E-state index in [1.807, 2.05) is 24.3 Å². The highest BCUT2D eigenvalue weighted by molar-refractivity contribution is 7.92. The van der Waals surface area contributed by atoms with Crippen molar-refractivity contribution in [1.29, 1.82) is 0 Å². The Morgan fingerprint density at radius 1 is 1.06 bits per heavy atom. The molecule has 9 nitrogen and oxygen atoms in total. The third-order valence-corrected chi connectivity index (χ3v) is 6.63. The van der Waals surface area contributed by atoms with Crippen molar-refractivity contribution in [2.24, 2.45) is 0 Å². The van der Waals surface area contributed by atoms with Gasteiger partial charge < -0.3 is 4.74 Å². The molecule has 0 radical (unpaired) electrons. The van der Waals surface area contributed by atoms with Gasteiger partial charge in [0.1, 0.15) is 0 Å². The lowest BCUT2D eigenvalue weighted by Gasteiger charge is -2.20. The summed E-state index contributed by atoms with van der Waals surface area (Å²) in [7, 11) is -2.92. The van der Waals surface area contributed by atoms with Gasteiger partial charge in [0.05, 0.1) is 39.6 Å². The normalized spacial score (nSPS) is 11.7. The number of aryl methyl sites for hydroxylation is 1. The zero-order valence-corrected chi connectivity index (χ0v) is 20.3. The topological polar surface area (TPSA) is 128 Å². The molecule has 1 N–H and O–H groups in total. The van der Waals surface area contributed by atoms with Crippen LogP contribution >= 0.6 is 0 Å². The van der Waals surface area contributed by atoms with Gasteiger partial charge in [-0.05, 0) is 36.1 Å². The van der Waals surface area contributed by atoms with Gasteiger partial charge in [-0.15, -0.1) is 0 Å². The van der Waals surface area contributed by atoms with Crippen molar-refractivity contribution >= 4 is 27.4 Å². The molecule has 0 bridgehead atoms. The number of anilines is 1. The van der Waals surface area contributed by atoms with Crippen molar-refractivity contribution in [2.45, 2.75) is 38.0 Å². The number of nitro groups is 1. The molecular weight excluding hydrogens is 458 g/mol. The molecule has 0 fully saturated rings. The first-order chi connectivity index (χ1) is 15.8. The maximum Gasteiger partial charge on any atom is 0.339 e. The molecule has 178 valence electrons. The van der Waals surface area contributed by atoms with Gasteiger partial charge in [0, 0.05) is 17.7 Å². The van der Waals surface area contributed by atoms with Gasteiger partial charge in [0.15, 0.2) is 0 Å². The average Bonchev–Trinajstić information content (AvgIpc) is 2.79. The summed E-state index contributed by atoms with van der Waals surface area (Å²) in [5, 5.41) is 10.9. The van der Waals surface area contributed by atoms with Gasteiger partial charge in [-0.1, -0.05) is 45.0 Å². The van der Waals surface area contributed by atoms with Crippen LogP contribution in [0, 0.1) is 17.0 Å². The minimum Gasteiger partial charge on any atom is -0.465 e. The van der Waals surface area contributed by atoms with Crippen molar-refractivity contribution in [3.8, 4) is 11.3 Å². The van der Waals surface area contributed by atoms with Crippen LogP contribution in [0.4, 0.5) is 11.4 Å². The third kappa shape index (κ3) is 5.23. The number of non-ortho nitro benzene ring substituents is 1. The zero-order valence-electron chi connectivity index (χ0n) is 19.4. The lowest BCUT2D eigenvalue weighted by molar-refractivity contribution is -0.384. The van der Waals surface area contributed by atoms with Crippen LogP contribution in [0.5, 0.6) is 0 Å². The van der Waals surface area contributed by atoms with E-state index in [2.05, 4.69) is 30.5 Å². The largest absolute Gasteiger partial charge is 0.465 e. The molecule has 0 atom stereocenters. The second-order valence-corrected chi connectivity index (χ2v) is 10.4. The summed E-state index contributed by atoms with van der Waals surface area (Å²) < 4.78 is 33.4. The minimum atomic E-state index is -4.14. The number of pyridine rings is 1. The fourth-order valence-electron chi connectivity index (χ4n) is 3.30. The van der Waals surface area contributed by atoms with E-state index in [1.165, 1.54) is 13.2 Å². The number of rotatable bonds is 6. The summed E-state index contributed by atoms with van der Waals surface area (Å²) in [5.74, 6) is -0.657. The highest BCUT2D eigenvalue weighted by Gasteiger charge is 2.23. The predicted octanol–water partition coefficient (Wildman–Crippen LogP) is 4.85. The van der Waals surface area contributed by atoms with Crippen LogP contribution in [0.3, 0.4) is 0 Å². The van der Waals surface area contributed by atoms with Crippen molar-refractivity contribution in [2.75, 3.05) is 11.8 Å². The lowest BCUT2D eigenvalue weighted by atomic mass is 9.86. The summed E-state index contributed by atoms with van der Waals surface area (Å²) >= 11 is 0. The Bertz CT molecular complexity index is 1340. The van der Waals surface area contributed by atoms with E-state index in [9.17, 15) is 23.3 Å². The first-order valence-electron chi connectivity index (χ1n) is 10.3. The SMILES string of the molecule is COC(=O)c1cc(NS(=O)(=O)c2ccc([N+](=O)[O-])cc2)c(-c2ccc(C(C)(C)C)cc2)nc1C. The number of nitrogens with zero attached hydrogens (tertiary/aromatic N) is 2. The number of benzene rings is 2. The Morgan fingerprint density at radius 2 is 1.65 bits per heavy atom. The van der Waals surface area contributed by atoms with E-state index in [4.69, 9.17) is 4.74 Å². The molecule has 0 amide bonds. The standard InChI is InChI=1S/C24H25N3O6S/c1-15-20(23(28)33-5)14-21(22(25-15)16-6-8-17(9-7-16)24(2,3)4)26-34(31,32)19-12-10-18(11-13-19)27(29)30/h6-14,26H,1-5H3. The number of carbonyl (C=O) groups excluding carboxylic acids is 1. The molecule has 34 heavy (non-hydrogen) atoms. The number of carbonyl (C=O) groups is 1. The van der Waals surface area contributed by atoms with Crippen molar-refractivity contribution in [3.63, 3.8) is 0 Å². The van der Waals surface area contributed by atoms with Gasteiger partial charge in [-0.25, -0.2) is 13.2 Å². The monoisotopic (exact) mass is 483 g/mol. The van der Waals surface area contributed by atoms with Gasteiger partial charge >= 0.3 is 5.97 Å². The molecule has 0 aliphatic heterocycles. The molecule has 3 rings (SSSR count). The fraction of sp³-hybridized carbons (Fsp3) is 0.250. The number of hydrogen-bond donors (Lipinski definition) is 1. The molecule has 2 aromatic carbocycles. The summed E-state index contributed by atoms with van der Waals surface area (Å²) in [6.07, 6.45) is 0. The predicted molar refractivity (Wildman–Crippen MR) is 128 cm³/mol. The maximum atomic E-state index is 13.1. The van der Waals surface area contributed by atoms with Crippen LogP contribution in [-0.2, 0) is 20.2 Å². The number of hydrogen-bond acceptors (Lipinski definition) is 7. The number of nitrogens with one attached hydrogen (secondary N) is 1. The van der Waals surface area contributed by atoms with E-state index in [-0.39, 0.29) is 27.2 Å². The Hall–Kier alpha value is -3.79. The first kappa shape index (κ1) is 24.8. The highest BCUT2D eigenvalue weighted by atomic mass is 32.2. The van der Waals surface area contributed by atoms with E-state index < -0.39 is 20.9 Å². The second-order valence-electron chi connectivity index (χ2n) is 8.69. The smallest absolute Gasteiger partial charge is 0.339 e. The molecule has 1 aromatic heterocycles. The number of sulfonamides is 1. The van der Waals surface area contributed by atoms with E-state index >= 15 is 0 Å². The number of ether oxygens (including phenoxy) is 1. The van der Waals surface area contributed by atoms with Crippen LogP contribution in [0.1, 0.15) is 42.4 Å². The summed E-state index contributed by atoms with van der Waals surface area (Å²) in [4.78, 5) is 26.8. The Labute approximate surface area is 198 Å². The summed E-state index contributed by atoms with van der Waals surface area (Å²) in [6.45, 7) is 7.88. The Morgan fingerprint density at radius 3 is 2.15 bits per heavy atom. The summed E-state index contributed by atoms with van der Waals surface area (Å²) in [6, 6.07) is 13.4. The van der Waals surface area contributed by atoms with Gasteiger partial charge in [-0.2, -0.15) is 0 Å². The molecule has 1 heterocycles. The molecule has 0 saturated carbocycles. The summed E-state index contributed by atoms with van der Waals surface area (Å²) in [5.41, 5.74) is 2.32. The third-order valence-electron chi connectivity index (χ3n) is 5.24. The lowest BCUT2D eigenvalue weighted by Crippen LogP contribution is -2.16. The minimum absolute atomic E-state index is 0.0725. The molecule has 10 heteroatoms. The van der Waals surface area contributed by atoms with Crippen LogP contribution < -0.4 is 4.72 Å². The van der Waals surface area contributed by atoms with Crippen molar-refractivity contribution in [3.05, 3.63) is 81.5 Å². The average molecular weight is 484 g/mol. The molecule has 3 aromatic rings.